The summed E-state index contributed by atoms with van der Waals surface area (Å²) >= 11 is 0. The van der Waals surface area contributed by atoms with Gasteiger partial charge in [-0.1, -0.05) is 18.2 Å². The van der Waals surface area contributed by atoms with Crippen LogP contribution < -0.4 is 0 Å². The Labute approximate surface area is 123 Å². The zero-order valence-electron chi connectivity index (χ0n) is 11.6. The third-order valence-corrected chi connectivity index (χ3v) is 3.75. The number of aromatic nitrogens is 1. The lowest BCUT2D eigenvalue weighted by Crippen LogP contribution is -2.25. The van der Waals surface area contributed by atoms with Gasteiger partial charge in [-0.05, 0) is 35.7 Å². The minimum absolute atomic E-state index is 0.150. The predicted molar refractivity (Wildman–Crippen MR) is 78.0 cm³/mol. The van der Waals surface area contributed by atoms with Crippen LogP contribution >= 0.6 is 0 Å². The molecular weight excluding hydrogens is 262 g/mol. The summed E-state index contributed by atoms with van der Waals surface area (Å²) in [7, 11) is 0. The molecule has 1 aromatic carbocycles. The first-order valence-corrected chi connectivity index (χ1v) is 6.96. The van der Waals surface area contributed by atoms with Crippen molar-refractivity contribution in [1.29, 1.82) is 5.26 Å². The molecule has 21 heavy (non-hydrogen) atoms. The molecule has 0 saturated heterocycles. The molecule has 1 aliphatic heterocycles. The molecule has 4 nitrogen and oxygen atoms in total. The first-order valence-electron chi connectivity index (χ1n) is 6.96. The van der Waals surface area contributed by atoms with Gasteiger partial charge in [-0.15, -0.1) is 0 Å². The number of nitriles is 1. The van der Waals surface area contributed by atoms with Gasteiger partial charge >= 0.3 is 0 Å². The SMILES string of the molecule is N#Cc1ccc(CCC(=O)N2Cc3cccnc3C2)cc1. The Bertz CT molecular complexity index is 676. The van der Waals surface area contributed by atoms with Gasteiger partial charge in [0.2, 0.25) is 5.91 Å². The summed E-state index contributed by atoms with van der Waals surface area (Å²) in [5, 5.41) is 8.76. The molecule has 0 unspecified atom stereocenters. The van der Waals surface area contributed by atoms with Gasteiger partial charge in [0, 0.05) is 19.2 Å². The summed E-state index contributed by atoms with van der Waals surface area (Å²) in [6.07, 6.45) is 2.95. The highest BCUT2D eigenvalue weighted by Crippen LogP contribution is 2.21. The predicted octanol–water partition coefficient (Wildman–Crippen LogP) is 2.43. The number of rotatable bonds is 3. The zero-order valence-corrected chi connectivity index (χ0v) is 11.6. The van der Waals surface area contributed by atoms with E-state index in [0.717, 1.165) is 16.8 Å². The van der Waals surface area contributed by atoms with Crippen molar-refractivity contribution in [2.45, 2.75) is 25.9 Å². The number of carbonyl (C=O) groups excluding carboxylic acids is 1. The number of fused-ring (bicyclic) bond motifs is 1. The highest BCUT2D eigenvalue weighted by molar-refractivity contribution is 5.77. The van der Waals surface area contributed by atoms with E-state index < -0.39 is 0 Å². The van der Waals surface area contributed by atoms with Gasteiger partial charge < -0.3 is 4.90 Å². The topological polar surface area (TPSA) is 57.0 Å². The fourth-order valence-electron chi connectivity index (χ4n) is 2.53. The maximum absolute atomic E-state index is 12.3. The molecule has 0 fully saturated rings. The van der Waals surface area contributed by atoms with E-state index in [9.17, 15) is 4.79 Å². The van der Waals surface area contributed by atoms with Gasteiger partial charge in [0.05, 0.1) is 23.9 Å². The van der Waals surface area contributed by atoms with Gasteiger partial charge in [-0.3, -0.25) is 9.78 Å². The average molecular weight is 277 g/mol. The van der Waals surface area contributed by atoms with Crippen molar-refractivity contribution in [3.05, 3.63) is 65.0 Å². The number of hydrogen-bond donors (Lipinski definition) is 0. The molecule has 0 aliphatic carbocycles. The molecule has 0 radical (unpaired) electrons. The average Bonchev–Trinajstić information content (AvgIpc) is 2.97. The van der Waals surface area contributed by atoms with Crippen LogP contribution in [-0.4, -0.2) is 15.8 Å². The van der Waals surface area contributed by atoms with Crippen LogP contribution in [0.3, 0.4) is 0 Å². The number of amides is 1. The Kier molecular flexibility index (Phi) is 3.65. The van der Waals surface area contributed by atoms with E-state index in [1.165, 1.54) is 0 Å². The molecule has 1 amide bonds. The molecule has 1 aromatic heterocycles. The lowest BCUT2D eigenvalue weighted by molar-refractivity contribution is -0.131. The molecule has 0 spiro atoms. The summed E-state index contributed by atoms with van der Waals surface area (Å²) in [4.78, 5) is 18.4. The van der Waals surface area contributed by atoms with Gasteiger partial charge in [0.25, 0.3) is 0 Å². The van der Waals surface area contributed by atoms with E-state index in [-0.39, 0.29) is 5.91 Å². The van der Waals surface area contributed by atoms with Crippen LogP contribution in [0.5, 0.6) is 0 Å². The minimum Gasteiger partial charge on any atom is -0.332 e. The van der Waals surface area contributed by atoms with Crippen molar-refractivity contribution in [2.75, 3.05) is 0 Å². The van der Waals surface area contributed by atoms with E-state index in [0.29, 0.717) is 31.5 Å². The van der Waals surface area contributed by atoms with Gasteiger partial charge in [-0.2, -0.15) is 5.26 Å². The molecule has 0 bridgehead atoms. The first kappa shape index (κ1) is 13.3. The Hall–Kier alpha value is -2.67. The summed E-state index contributed by atoms with van der Waals surface area (Å²) in [6, 6.07) is 13.4. The van der Waals surface area contributed by atoms with E-state index in [2.05, 4.69) is 11.1 Å². The smallest absolute Gasteiger partial charge is 0.223 e. The summed E-state index contributed by atoms with van der Waals surface area (Å²) in [6.45, 7) is 1.28. The third kappa shape index (κ3) is 2.92. The lowest BCUT2D eigenvalue weighted by Gasteiger charge is -2.14. The standard InChI is InChI=1S/C17H15N3O/c18-10-14-5-3-13(4-6-14)7-8-17(21)20-11-15-2-1-9-19-16(15)12-20/h1-6,9H,7-8,11-12H2. The van der Waals surface area contributed by atoms with Crippen LogP contribution in [0.15, 0.2) is 42.6 Å². The van der Waals surface area contributed by atoms with Crippen LogP contribution in [0.2, 0.25) is 0 Å². The van der Waals surface area contributed by atoms with E-state index in [4.69, 9.17) is 5.26 Å². The van der Waals surface area contributed by atoms with Crippen molar-refractivity contribution < 1.29 is 4.79 Å². The number of benzene rings is 1. The Morgan fingerprint density at radius 2 is 2.05 bits per heavy atom. The second-order valence-electron chi connectivity index (χ2n) is 5.17. The lowest BCUT2D eigenvalue weighted by atomic mass is 10.1. The van der Waals surface area contributed by atoms with Crippen molar-refractivity contribution in [3.63, 3.8) is 0 Å². The second-order valence-corrected chi connectivity index (χ2v) is 5.17. The van der Waals surface area contributed by atoms with Crippen molar-refractivity contribution >= 4 is 5.91 Å². The molecule has 2 aromatic rings. The highest BCUT2D eigenvalue weighted by Gasteiger charge is 2.23. The largest absolute Gasteiger partial charge is 0.332 e. The first-order chi connectivity index (χ1) is 10.3. The Balaban J connectivity index is 1.57. The molecule has 0 saturated carbocycles. The molecule has 0 N–H and O–H groups in total. The third-order valence-electron chi connectivity index (χ3n) is 3.75. The minimum atomic E-state index is 0.150. The molecule has 4 heteroatoms. The molecule has 3 rings (SSSR count). The maximum Gasteiger partial charge on any atom is 0.223 e. The van der Waals surface area contributed by atoms with E-state index in [1.54, 1.807) is 18.3 Å². The van der Waals surface area contributed by atoms with Crippen LogP contribution in [0, 0.1) is 11.3 Å². The summed E-state index contributed by atoms with van der Waals surface area (Å²) in [5.41, 5.74) is 3.87. The van der Waals surface area contributed by atoms with Crippen LogP contribution in [-0.2, 0) is 24.3 Å². The molecule has 1 aliphatic rings. The monoisotopic (exact) mass is 277 g/mol. The summed E-state index contributed by atoms with van der Waals surface area (Å²) in [5.74, 6) is 0.150. The maximum atomic E-state index is 12.3. The second kappa shape index (κ2) is 5.76. The highest BCUT2D eigenvalue weighted by atomic mass is 16.2. The number of carbonyl (C=O) groups is 1. The van der Waals surface area contributed by atoms with Gasteiger partial charge in [0.15, 0.2) is 0 Å². The quantitative estimate of drug-likeness (QED) is 0.865. The van der Waals surface area contributed by atoms with Gasteiger partial charge in [0.1, 0.15) is 0 Å². The van der Waals surface area contributed by atoms with Crippen molar-refractivity contribution in [3.8, 4) is 6.07 Å². The zero-order chi connectivity index (χ0) is 14.7. The molecule has 104 valence electrons. The van der Waals surface area contributed by atoms with Crippen molar-refractivity contribution in [2.24, 2.45) is 0 Å². The van der Waals surface area contributed by atoms with Gasteiger partial charge in [-0.25, -0.2) is 0 Å². The fourth-order valence-corrected chi connectivity index (χ4v) is 2.53. The van der Waals surface area contributed by atoms with Crippen LogP contribution in [0.1, 0.15) is 28.8 Å². The Morgan fingerprint density at radius 1 is 1.24 bits per heavy atom. The normalized spacial score (nSPS) is 12.8. The summed E-state index contributed by atoms with van der Waals surface area (Å²) < 4.78 is 0. The number of nitrogens with zero attached hydrogens (tertiary/aromatic N) is 3. The van der Waals surface area contributed by atoms with E-state index in [1.807, 2.05) is 29.2 Å². The van der Waals surface area contributed by atoms with Crippen molar-refractivity contribution in [1.82, 2.24) is 9.88 Å². The molecule has 0 atom stereocenters. The Morgan fingerprint density at radius 3 is 2.76 bits per heavy atom. The number of pyridine rings is 1. The number of aryl methyl sites for hydroxylation is 1. The number of hydrogen-bond acceptors (Lipinski definition) is 3. The van der Waals surface area contributed by atoms with Crippen LogP contribution in [0.4, 0.5) is 0 Å². The molecular formula is C17H15N3O. The molecule has 2 heterocycles. The van der Waals surface area contributed by atoms with Crippen LogP contribution in [0.25, 0.3) is 0 Å². The van der Waals surface area contributed by atoms with E-state index >= 15 is 0 Å². The fraction of sp³-hybridized carbons (Fsp3) is 0.235.